The molecule has 2 aromatic heterocycles. The van der Waals surface area contributed by atoms with E-state index >= 15 is 0 Å². The molecule has 4 aromatic rings. The molecule has 5 rings (SSSR count). The fourth-order valence-electron chi connectivity index (χ4n) is 3.72. The lowest BCUT2D eigenvalue weighted by Crippen LogP contribution is -2.36. The zero-order chi connectivity index (χ0) is 22.6. The zero-order valence-electron chi connectivity index (χ0n) is 17.7. The number of ether oxygens (including phenoxy) is 1. The smallest absolute Gasteiger partial charge is 0.227 e. The van der Waals surface area contributed by atoms with Gasteiger partial charge < -0.3 is 15.0 Å². The zero-order valence-corrected chi connectivity index (χ0v) is 17.7. The van der Waals surface area contributed by atoms with Crippen LogP contribution in [-0.2, 0) is 11.3 Å². The standard InChI is InChI=1S/C23H21F2N7O/c24-18-9-17(10-20(11-18)31-4-6-33-7-5-31)22-21(25)12-27-23(30-22)29-19-3-1-2-16(8-19)13-32-15-26-14-28-32/h1-3,8-12,14-15H,4-7,13H2,(H,27,29,30). The van der Waals surface area contributed by atoms with E-state index in [9.17, 15) is 8.78 Å². The lowest BCUT2D eigenvalue weighted by atomic mass is 10.1. The van der Waals surface area contributed by atoms with Gasteiger partial charge in [0.15, 0.2) is 5.82 Å². The molecule has 10 heteroatoms. The van der Waals surface area contributed by atoms with Crippen LogP contribution in [0.2, 0.25) is 0 Å². The summed E-state index contributed by atoms with van der Waals surface area (Å²) in [7, 11) is 0. The van der Waals surface area contributed by atoms with E-state index in [2.05, 4.69) is 25.4 Å². The summed E-state index contributed by atoms with van der Waals surface area (Å²) in [4.78, 5) is 14.3. The Kier molecular flexibility index (Phi) is 5.90. The van der Waals surface area contributed by atoms with Gasteiger partial charge in [-0.05, 0) is 35.9 Å². The van der Waals surface area contributed by atoms with E-state index in [0.717, 1.165) is 17.4 Å². The van der Waals surface area contributed by atoms with Crippen LogP contribution in [0.1, 0.15) is 5.56 Å². The number of nitrogens with zero attached hydrogens (tertiary/aromatic N) is 6. The molecule has 0 atom stereocenters. The van der Waals surface area contributed by atoms with Gasteiger partial charge in [0.05, 0.1) is 26.0 Å². The molecule has 0 amide bonds. The monoisotopic (exact) mass is 449 g/mol. The first-order valence-corrected chi connectivity index (χ1v) is 10.5. The van der Waals surface area contributed by atoms with Crippen LogP contribution in [0.25, 0.3) is 11.3 Å². The lowest BCUT2D eigenvalue weighted by molar-refractivity contribution is 0.122. The third-order valence-electron chi connectivity index (χ3n) is 5.27. The summed E-state index contributed by atoms with van der Waals surface area (Å²) >= 11 is 0. The maximum atomic E-state index is 14.7. The average molecular weight is 449 g/mol. The van der Waals surface area contributed by atoms with Gasteiger partial charge in [0.2, 0.25) is 5.95 Å². The molecule has 0 aliphatic carbocycles. The van der Waals surface area contributed by atoms with Crippen molar-refractivity contribution < 1.29 is 13.5 Å². The molecule has 0 unspecified atom stereocenters. The van der Waals surface area contributed by atoms with Crippen molar-refractivity contribution in [1.29, 1.82) is 0 Å². The Morgan fingerprint density at radius 3 is 2.76 bits per heavy atom. The highest BCUT2D eigenvalue weighted by Crippen LogP contribution is 2.28. The molecule has 8 nitrogen and oxygen atoms in total. The van der Waals surface area contributed by atoms with Crippen molar-refractivity contribution in [2.45, 2.75) is 6.54 Å². The van der Waals surface area contributed by atoms with Crippen LogP contribution in [0.15, 0.2) is 61.3 Å². The Labute approximate surface area is 188 Å². The molecule has 1 aliphatic heterocycles. The largest absolute Gasteiger partial charge is 0.378 e. The first kappa shape index (κ1) is 21.0. The number of halogens is 2. The summed E-state index contributed by atoms with van der Waals surface area (Å²) in [6.07, 6.45) is 4.20. The summed E-state index contributed by atoms with van der Waals surface area (Å²) in [5.41, 5.74) is 2.77. The van der Waals surface area contributed by atoms with Gasteiger partial charge >= 0.3 is 0 Å². The van der Waals surface area contributed by atoms with E-state index in [1.807, 2.05) is 29.2 Å². The summed E-state index contributed by atoms with van der Waals surface area (Å²) in [5.74, 6) is -0.872. The number of benzene rings is 2. The second-order valence-electron chi connectivity index (χ2n) is 7.61. The Morgan fingerprint density at radius 2 is 1.94 bits per heavy atom. The van der Waals surface area contributed by atoms with Crippen LogP contribution < -0.4 is 10.2 Å². The Bertz CT molecular complexity index is 1240. The van der Waals surface area contributed by atoms with Crippen LogP contribution in [0.5, 0.6) is 0 Å². The third-order valence-corrected chi connectivity index (χ3v) is 5.27. The van der Waals surface area contributed by atoms with Crippen LogP contribution in [0.3, 0.4) is 0 Å². The number of morpholine rings is 1. The van der Waals surface area contributed by atoms with Gasteiger partial charge in [-0.2, -0.15) is 5.10 Å². The third kappa shape index (κ3) is 4.96. The van der Waals surface area contributed by atoms with Crippen molar-refractivity contribution in [3.05, 3.63) is 78.5 Å². The summed E-state index contributed by atoms with van der Waals surface area (Å²) < 4.78 is 36.1. The number of nitrogens with one attached hydrogen (secondary N) is 1. The normalized spacial score (nSPS) is 13.8. The summed E-state index contributed by atoms with van der Waals surface area (Å²) in [6, 6.07) is 12.1. The van der Waals surface area contributed by atoms with Crippen molar-refractivity contribution in [3.8, 4) is 11.3 Å². The highest BCUT2D eigenvalue weighted by atomic mass is 19.1. The van der Waals surface area contributed by atoms with Crippen LogP contribution in [0, 0.1) is 11.6 Å². The number of hydrogen-bond donors (Lipinski definition) is 1. The van der Waals surface area contributed by atoms with Crippen LogP contribution in [0.4, 0.5) is 26.1 Å². The SMILES string of the molecule is Fc1cc(-c2nc(Nc3cccc(Cn4cncn4)c3)ncc2F)cc(N2CCOCC2)c1. The van der Waals surface area contributed by atoms with Gasteiger partial charge in [-0.15, -0.1) is 0 Å². The van der Waals surface area contributed by atoms with Gasteiger partial charge in [-0.3, -0.25) is 0 Å². The van der Waals surface area contributed by atoms with Crippen molar-refractivity contribution >= 4 is 17.3 Å². The molecule has 1 saturated heterocycles. The van der Waals surface area contributed by atoms with Crippen LogP contribution >= 0.6 is 0 Å². The molecule has 1 aliphatic rings. The molecular weight excluding hydrogens is 428 g/mol. The molecule has 0 spiro atoms. The number of aromatic nitrogens is 5. The molecular formula is C23H21F2N7O. The number of hydrogen-bond acceptors (Lipinski definition) is 7. The first-order chi connectivity index (χ1) is 16.1. The van der Waals surface area contributed by atoms with Crippen molar-refractivity contribution in [2.75, 3.05) is 36.5 Å². The minimum absolute atomic E-state index is 0.0280. The summed E-state index contributed by atoms with van der Waals surface area (Å²) in [5, 5.41) is 7.20. The molecule has 2 aromatic carbocycles. The number of rotatable bonds is 6. The maximum absolute atomic E-state index is 14.7. The molecule has 3 heterocycles. The highest BCUT2D eigenvalue weighted by Gasteiger charge is 2.16. The Balaban J connectivity index is 1.40. The van der Waals surface area contributed by atoms with E-state index in [1.165, 1.54) is 18.5 Å². The second-order valence-corrected chi connectivity index (χ2v) is 7.61. The first-order valence-electron chi connectivity index (χ1n) is 10.5. The topological polar surface area (TPSA) is 81.0 Å². The summed E-state index contributed by atoms with van der Waals surface area (Å²) in [6.45, 7) is 2.98. The highest BCUT2D eigenvalue weighted by molar-refractivity contribution is 5.68. The van der Waals surface area contributed by atoms with E-state index < -0.39 is 11.6 Å². The van der Waals surface area contributed by atoms with Crippen molar-refractivity contribution in [3.63, 3.8) is 0 Å². The van der Waals surface area contributed by atoms with Crippen molar-refractivity contribution in [2.24, 2.45) is 0 Å². The van der Waals surface area contributed by atoms with E-state index in [0.29, 0.717) is 44.1 Å². The Morgan fingerprint density at radius 1 is 1.06 bits per heavy atom. The molecule has 1 fully saturated rings. The fourth-order valence-corrected chi connectivity index (χ4v) is 3.72. The van der Waals surface area contributed by atoms with E-state index in [-0.39, 0.29) is 11.6 Å². The molecule has 33 heavy (non-hydrogen) atoms. The second kappa shape index (κ2) is 9.29. The average Bonchev–Trinajstić information content (AvgIpc) is 3.34. The predicted octanol–water partition coefficient (Wildman–Crippen LogP) is 3.64. The Hall–Kier alpha value is -3.92. The van der Waals surface area contributed by atoms with Gasteiger partial charge in [-0.1, -0.05) is 12.1 Å². The molecule has 0 radical (unpaired) electrons. The van der Waals surface area contributed by atoms with Gasteiger partial charge in [0.1, 0.15) is 24.2 Å². The van der Waals surface area contributed by atoms with Crippen LogP contribution in [-0.4, -0.2) is 51.0 Å². The minimum atomic E-state index is -0.626. The molecule has 0 saturated carbocycles. The van der Waals surface area contributed by atoms with Gasteiger partial charge in [0, 0.05) is 30.0 Å². The van der Waals surface area contributed by atoms with Gasteiger partial charge in [0.25, 0.3) is 0 Å². The minimum Gasteiger partial charge on any atom is -0.378 e. The maximum Gasteiger partial charge on any atom is 0.227 e. The molecule has 168 valence electrons. The fraction of sp³-hybridized carbons (Fsp3) is 0.217. The van der Waals surface area contributed by atoms with Gasteiger partial charge in [-0.25, -0.2) is 28.4 Å². The van der Waals surface area contributed by atoms with E-state index in [4.69, 9.17) is 4.74 Å². The predicted molar refractivity (Wildman–Crippen MR) is 119 cm³/mol. The van der Waals surface area contributed by atoms with Crippen molar-refractivity contribution in [1.82, 2.24) is 24.7 Å². The molecule has 0 bridgehead atoms. The quantitative estimate of drug-likeness (QED) is 0.481. The lowest BCUT2D eigenvalue weighted by Gasteiger charge is -2.29. The number of anilines is 3. The molecule has 1 N–H and O–H groups in total. The van der Waals surface area contributed by atoms with E-state index in [1.54, 1.807) is 17.1 Å².